The summed E-state index contributed by atoms with van der Waals surface area (Å²) in [6, 6.07) is 11.2. The van der Waals surface area contributed by atoms with Crippen molar-refractivity contribution in [2.24, 2.45) is 0 Å². The third-order valence-corrected chi connectivity index (χ3v) is 5.55. The Kier molecular flexibility index (Phi) is 6.53. The van der Waals surface area contributed by atoms with E-state index in [1.54, 1.807) is 41.4 Å². The standard InChI is InChI=1S/C23H26ClN5O2/c1-27(2)15-20-4-3-10-28(20)22-8-7-19(14-26-22)29-11-9-21(12-23(29)30)31-16-18-6-5-17(24)13-25-18/h5-9,11-14,20H,3-4,10,15-16H2,1-2H3/t20-/m1/s1. The van der Waals surface area contributed by atoms with E-state index in [9.17, 15) is 4.79 Å². The van der Waals surface area contributed by atoms with Crippen molar-refractivity contribution < 1.29 is 4.74 Å². The van der Waals surface area contributed by atoms with Crippen LogP contribution in [0.25, 0.3) is 5.69 Å². The van der Waals surface area contributed by atoms with E-state index in [1.165, 1.54) is 18.9 Å². The summed E-state index contributed by atoms with van der Waals surface area (Å²) in [6.07, 6.45) is 7.37. The van der Waals surface area contributed by atoms with E-state index in [0.717, 1.165) is 30.3 Å². The van der Waals surface area contributed by atoms with Gasteiger partial charge in [-0.05, 0) is 57.3 Å². The van der Waals surface area contributed by atoms with Crippen molar-refractivity contribution in [2.75, 3.05) is 32.1 Å². The Morgan fingerprint density at radius 2 is 2.03 bits per heavy atom. The number of likely N-dealkylation sites (N-methyl/N-ethyl adjacent to an activating group) is 1. The molecule has 3 aromatic rings. The minimum absolute atomic E-state index is 0.178. The summed E-state index contributed by atoms with van der Waals surface area (Å²) in [5.41, 5.74) is 1.29. The zero-order valence-corrected chi connectivity index (χ0v) is 18.5. The van der Waals surface area contributed by atoms with Crippen LogP contribution in [0.4, 0.5) is 5.82 Å². The summed E-state index contributed by atoms with van der Waals surface area (Å²) in [5, 5.41) is 0.573. The van der Waals surface area contributed by atoms with Crippen LogP contribution in [-0.4, -0.2) is 52.7 Å². The number of rotatable bonds is 7. The van der Waals surface area contributed by atoms with Crippen LogP contribution >= 0.6 is 11.6 Å². The average Bonchev–Trinajstić information content (AvgIpc) is 3.21. The summed E-state index contributed by atoms with van der Waals surface area (Å²) in [4.78, 5) is 26.0. The monoisotopic (exact) mass is 439 g/mol. The summed E-state index contributed by atoms with van der Waals surface area (Å²) < 4.78 is 7.25. The van der Waals surface area contributed by atoms with Crippen molar-refractivity contribution >= 4 is 17.4 Å². The van der Waals surface area contributed by atoms with E-state index in [0.29, 0.717) is 16.8 Å². The highest BCUT2D eigenvalue weighted by atomic mass is 35.5. The van der Waals surface area contributed by atoms with Gasteiger partial charge in [-0.3, -0.25) is 14.3 Å². The molecule has 0 aromatic carbocycles. The Balaban J connectivity index is 1.44. The highest BCUT2D eigenvalue weighted by molar-refractivity contribution is 6.30. The van der Waals surface area contributed by atoms with Crippen LogP contribution in [0.1, 0.15) is 18.5 Å². The van der Waals surface area contributed by atoms with Crippen LogP contribution in [0.5, 0.6) is 5.75 Å². The SMILES string of the molecule is CN(C)C[C@H]1CCCN1c1ccc(-n2ccc(OCc3ccc(Cl)cn3)cc2=O)cn1. The van der Waals surface area contributed by atoms with Gasteiger partial charge in [0.15, 0.2) is 0 Å². The largest absolute Gasteiger partial charge is 0.487 e. The molecular formula is C23H26ClN5O2. The minimum Gasteiger partial charge on any atom is -0.487 e. The van der Waals surface area contributed by atoms with E-state index >= 15 is 0 Å². The fourth-order valence-corrected chi connectivity index (χ4v) is 3.96. The molecule has 162 valence electrons. The molecule has 0 saturated carbocycles. The normalized spacial score (nSPS) is 16.1. The van der Waals surface area contributed by atoms with E-state index in [1.807, 2.05) is 12.1 Å². The van der Waals surface area contributed by atoms with Crippen molar-refractivity contribution in [1.29, 1.82) is 0 Å². The van der Waals surface area contributed by atoms with Gasteiger partial charge in [0.1, 0.15) is 18.2 Å². The van der Waals surface area contributed by atoms with Gasteiger partial charge in [0.05, 0.1) is 22.6 Å². The third-order valence-electron chi connectivity index (χ3n) is 5.32. The molecule has 7 nitrogen and oxygen atoms in total. The van der Waals surface area contributed by atoms with Gasteiger partial charge < -0.3 is 14.5 Å². The first-order valence-corrected chi connectivity index (χ1v) is 10.7. The van der Waals surface area contributed by atoms with Crippen LogP contribution in [0.2, 0.25) is 5.02 Å². The molecule has 1 aliphatic rings. The molecule has 4 heterocycles. The zero-order valence-electron chi connectivity index (χ0n) is 17.7. The van der Waals surface area contributed by atoms with Crippen molar-refractivity contribution in [1.82, 2.24) is 19.4 Å². The molecule has 0 aliphatic carbocycles. The van der Waals surface area contributed by atoms with Gasteiger partial charge in [0.25, 0.3) is 5.56 Å². The van der Waals surface area contributed by atoms with Gasteiger partial charge in [0, 0.05) is 37.6 Å². The Labute approximate surface area is 186 Å². The maximum Gasteiger partial charge on any atom is 0.258 e. The van der Waals surface area contributed by atoms with E-state index in [-0.39, 0.29) is 12.2 Å². The van der Waals surface area contributed by atoms with E-state index in [4.69, 9.17) is 16.3 Å². The predicted molar refractivity (Wildman–Crippen MR) is 122 cm³/mol. The number of ether oxygens (including phenoxy) is 1. The molecule has 0 bridgehead atoms. The fourth-order valence-electron chi connectivity index (χ4n) is 3.85. The van der Waals surface area contributed by atoms with Gasteiger partial charge in [-0.15, -0.1) is 0 Å². The number of nitrogens with zero attached hydrogens (tertiary/aromatic N) is 5. The number of aromatic nitrogens is 3. The quantitative estimate of drug-likeness (QED) is 0.562. The van der Waals surface area contributed by atoms with Gasteiger partial charge in [-0.2, -0.15) is 0 Å². The van der Waals surface area contributed by atoms with E-state index in [2.05, 4.69) is 33.9 Å². The maximum absolute atomic E-state index is 12.6. The molecule has 1 saturated heterocycles. The van der Waals surface area contributed by atoms with Gasteiger partial charge >= 0.3 is 0 Å². The maximum atomic E-state index is 12.6. The molecular weight excluding hydrogens is 414 g/mol. The third kappa shape index (κ3) is 5.24. The lowest BCUT2D eigenvalue weighted by Gasteiger charge is -2.28. The van der Waals surface area contributed by atoms with Crippen molar-refractivity contribution in [3.05, 3.63) is 76.1 Å². The smallest absolute Gasteiger partial charge is 0.258 e. The van der Waals surface area contributed by atoms with Crippen LogP contribution < -0.4 is 15.2 Å². The predicted octanol–water partition coefficient (Wildman–Crippen LogP) is 3.39. The molecule has 0 spiro atoms. The van der Waals surface area contributed by atoms with Crippen molar-refractivity contribution in [3.8, 4) is 11.4 Å². The van der Waals surface area contributed by atoms with Crippen LogP contribution in [-0.2, 0) is 6.61 Å². The van der Waals surface area contributed by atoms with Crippen LogP contribution in [0, 0.1) is 0 Å². The van der Waals surface area contributed by atoms with Gasteiger partial charge in [0.2, 0.25) is 0 Å². The summed E-state index contributed by atoms with van der Waals surface area (Å²) in [5.74, 6) is 1.45. The van der Waals surface area contributed by atoms with E-state index < -0.39 is 0 Å². The first-order chi connectivity index (χ1) is 15.0. The molecule has 0 N–H and O–H groups in total. The molecule has 1 aliphatic heterocycles. The molecule has 3 aromatic heterocycles. The molecule has 1 fully saturated rings. The highest BCUT2D eigenvalue weighted by Gasteiger charge is 2.25. The van der Waals surface area contributed by atoms with Gasteiger partial charge in [-0.25, -0.2) is 4.98 Å². The average molecular weight is 440 g/mol. The van der Waals surface area contributed by atoms with Crippen LogP contribution in [0.3, 0.4) is 0 Å². The minimum atomic E-state index is -0.178. The Morgan fingerprint density at radius 1 is 1.16 bits per heavy atom. The zero-order chi connectivity index (χ0) is 21.8. The second-order valence-electron chi connectivity index (χ2n) is 7.95. The molecule has 1 atom stereocenters. The first-order valence-electron chi connectivity index (χ1n) is 10.3. The fraction of sp³-hybridized carbons (Fsp3) is 0.348. The number of hydrogen-bond acceptors (Lipinski definition) is 6. The summed E-state index contributed by atoms with van der Waals surface area (Å²) in [6.45, 7) is 2.29. The topological polar surface area (TPSA) is 63.5 Å². The molecule has 8 heteroatoms. The molecule has 0 amide bonds. The molecule has 0 radical (unpaired) electrons. The van der Waals surface area contributed by atoms with Gasteiger partial charge in [-0.1, -0.05) is 11.6 Å². The van der Waals surface area contributed by atoms with Crippen LogP contribution in [0.15, 0.2) is 59.8 Å². The number of anilines is 1. The van der Waals surface area contributed by atoms with Crippen molar-refractivity contribution in [2.45, 2.75) is 25.5 Å². The number of halogens is 1. The molecule has 0 unspecified atom stereocenters. The Hall–Kier alpha value is -2.90. The Bertz CT molecular complexity index is 1070. The summed E-state index contributed by atoms with van der Waals surface area (Å²) >= 11 is 5.84. The molecule has 31 heavy (non-hydrogen) atoms. The Morgan fingerprint density at radius 3 is 2.71 bits per heavy atom. The summed E-state index contributed by atoms with van der Waals surface area (Å²) in [7, 11) is 4.19. The van der Waals surface area contributed by atoms with Crippen molar-refractivity contribution in [3.63, 3.8) is 0 Å². The second-order valence-corrected chi connectivity index (χ2v) is 8.39. The second kappa shape index (κ2) is 9.49. The molecule has 4 rings (SSSR count). The number of pyridine rings is 3. The highest BCUT2D eigenvalue weighted by Crippen LogP contribution is 2.24. The lowest BCUT2D eigenvalue weighted by Crippen LogP contribution is -2.38. The first kappa shape index (κ1) is 21.3. The lowest BCUT2D eigenvalue weighted by molar-refractivity contribution is 0.300. The number of hydrogen-bond donors (Lipinski definition) is 0. The lowest BCUT2D eigenvalue weighted by atomic mass is 10.2.